The molecule has 0 radical (unpaired) electrons. The van der Waals surface area contributed by atoms with E-state index >= 15 is 0 Å². The van der Waals surface area contributed by atoms with E-state index < -0.39 is 17.9 Å². The fourth-order valence-corrected chi connectivity index (χ4v) is 3.08. The summed E-state index contributed by atoms with van der Waals surface area (Å²) in [6.07, 6.45) is 0. The number of dihydropyridines is 1. The van der Waals surface area contributed by atoms with Crippen LogP contribution in [-0.2, 0) is 23.8 Å². The van der Waals surface area contributed by atoms with Crippen LogP contribution in [0.15, 0.2) is 52.9 Å². The molecule has 0 saturated heterocycles. The minimum Gasteiger partial charge on any atom is -0.466 e. The number of ether oxygens (including phenoxy) is 3. The Balaban J connectivity index is 2.60. The van der Waals surface area contributed by atoms with E-state index in [1.54, 1.807) is 13.8 Å². The number of rotatable bonds is 8. The second kappa shape index (κ2) is 9.89. The molecule has 0 aromatic heterocycles. The van der Waals surface area contributed by atoms with Crippen molar-refractivity contribution in [3.05, 3.63) is 58.4 Å². The summed E-state index contributed by atoms with van der Waals surface area (Å²) in [5.74, 6) is -1.62. The third-order valence-electron chi connectivity index (χ3n) is 4.19. The molecular formula is C20H26N2O5. The summed E-state index contributed by atoms with van der Waals surface area (Å²) < 4.78 is 15.8. The van der Waals surface area contributed by atoms with Crippen LogP contribution in [0.5, 0.6) is 0 Å². The number of carbonyl (C=O) groups is 2. The van der Waals surface area contributed by atoms with Crippen LogP contribution < -0.4 is 11.1 Å². The van der Waals surface area contributed by atoms with E-state index in [0.29, 0.717) is 35.7 Å². The van der Waals surface area contributed by atoms with E-state index in [2.05, 4.69) is 5.32 Å². The van der Waals surface area contributed by atoms with E-state index in [4.69, 9.17) is 19.9 Å². The predicted octanol–water partition coefficient (Wildman–Crippen LogP) is 1.61. The molecule has 7 heteroatoms. The van der Waals surface area contributed by atoms with Gasteiger partial charge in [-0.15, -0.1) is 0 Å². The molecule has 0 bridgehead atoms. The molecule has 1 unspecified atom stereocenters. The molecule has 146 valence electrons. The van der Waals surface area contributed by atoms with E-state index in [0.717, 1.165) is 5.56 Å². The lowest BCUT2D eigenvalue weighted by atomic mass is 9.80. The highest BCUT2D eigenvalue weighted by molar-refractivity contribution is 5.99. The van der Waals surface area contributed by atoms with Gasteiger partial charge in [0.2, 0.25) is 0 Å². The zero-order chi connectivity index (χ0) is 19.8. The molecule has 3 N–H and O–H groups in total. The average Bonchev–Trinajstić information content (AvgIpc) is 2.68. The topological polar surface area (TPSA) is 99.9 Å². The Bertz CT molecular complexity index is 740. The standard InChI is InChI=1S/C20H26N2O5/c1-4-27-20(24)18-15(12-26-11-10-21)22-13(2)16(19(23)25-3)17(18)14-8-6-5-7-9-14/h5-9,17,22H,4,10-12,21H2,1-3H3. The van der Waals surface area contributed by atoms with Crippen molar-refractivity contribution in [3.63, 3.8) is 0 Å². The Labute approximate surface area is 159 Å². The smallest absolute Gasteiger partial charge is 0.336 e. The molecule has 1 atom stereocenters. The van der Waals surface area contributed by atoms with Gasteiger partial charge in [-0.05, 0) is 19.4 Å². The highest BCUT2D eigenvalue weighted by Crippen LogP contribution is 2.39. The first-order chi connectivity index (χ1) is 13.0. The number of methoxy groups -OCH3 is 1. The van der Waals surface area contributed by atoms with Gasteiger partial charge in [0.15, 0.2) is 0 Å². The summed E-state index contributed by atoms with van der Waals surface area (Å²) in [7, 11) is 1.32. The van der Waals surface area contributed by atoms with Crippen molar-refractivity contribution in [1.29, 1.82) is 0 Å². The second-order valence-corrected chi connectivity index (χ2v) is 5.95. The number of benzene rings is 1. The lowest BCUT2D eigenvalue weighted by Gasteiger charge is -2.31. The fraction of sp³-hybridized carbons (Fsp3) is 0.400. The van der Waals surface area contributed by atoms with Crippen LogP contribution in [0.25, 0.3) is 0 Å². The summed E-state index contributed by atoms with van der Waals surface area (Å²) in [5.41, 5.74) is 8.15. The van der Waals surface area contributed by atoms with Gasteiger partial charge in [-0.3, -0.25) is 0 Å². The number of nitrogens with one attached hydrogen (secondary N) is 1. The SMILES string of the molecule is CCOC(=O)C1=C(COCCN)NC(C)=C(C(=O)OC)C1c1ccccc1. The van der Waals surface area contributed by atoms with Gasteiger partial charge in [0, 0.05) is 12.2 Å². The minimum atomic E-state index is -0.615. The maximum absolute atomic E-state index is 12.8. The van der Waals surface area contributed by atoms with Crippen LogP contribution >= 0.6 is 0 Å². The largest absolute Gasteiger partial charge is 0.466 e. The number of nitrogens with two attached hydrogens (primary N) is 1. The van der Waals surface area contributed by atoms with Crippen molar-refractivity contribution < 1.29 is 23.8 Å². The van der Waals surface area contributed by atoms with E-state index in [9.17, 15) is 9.59 Å². The van der Waals surface area contributed by atoms with Gasteiger partial charge >= 0.3 is 11.9 Å². The first kappa shape index (κ1) is 20.7. The van der Waals surface area contributed by atoms with Crippen LogP contribution in [0.1, 0.15) is 25.3 Å². The molecule has 1 aromatic carbocycles. The number of esters is 2. The van der Waals surface area contributed by atoms with E-state index in [1.807, 2.05) is 30.3 Å². The van der Waals surface area contributed by atoms with Crippen molar-refractivity contribution in [1.82, 2.24) is 5.32 Å². The summed E-state index contributed by atoms with van der Waals surface area (Å²) in [6, 6.07) is 9.31. The zero-order valence-electron chi connectivity index (χ0n) is 15.9. The molecule has 1 aliphatic rings. The Kier molecular flexibility index (Phi) is 7.57. The van der Waals surface area contributed by atoms with Crippen molar-refractivity contribution in [2.24, 2.45) is 5.73 Å². The minimum absolute atomic E-state index is 0.153. The first-order valence-electron chi connectivity index (χ1n) is 8.84. The van der Waals surface area contributed by atoms with Gasteiger partial charge in [-0.1, -0.05) is 30.3 Å². The van der Waals surface area contributed by atoms with Crippen LogP contribution in [0, 0.1) is 0 Å². The first-order valence-corrected chi connectivity index (χ1v) is 8.84. The van der Waals surface area contributed by atoms with Gasteiger partial charge < -0.3 is 25.3 Å². The third-order valence-corrected chi connectivity index (χ3v) is 4.19. The lowest BCUT2D eigenvalue weighted by Crippen LogP contribution is -2.35. The highest BCUT2D eigenvalue weighted by atomic mass is 16.5. The second-order valence-electron chi connectivity index (χ2n) is 5.95. The van der Waals surface area contributed by atoms with Crippen LogP contribution in [-0.4, -0.2) is 45.4 Å². The molecule has 2 rings (SSSR count). The number of allylic oxidation sites excluding steroid dienone is 1. The third kappa shape index (κ3) is 4.75. The van der Waals surface area contributed by atoms with Crippen LogP contribution in [0.3, 0.4) is 0 Å². The summed E-state index contributed by atoms with van der Waals surface area (Å²) in [5, 5.41) is 3.12. The maximum atomic E-state index is 12.8. The fourth-order valence-electron chi connectivity index (χ4n) is 3.08. The average molecular weight is 374 g/mol. The Morgan fingerprint density at radius 3 is 2.44 bits per heavy atom. The van der Waals surface area contributed by atoms with Gasteiger partial charge in [0.25, 0.3) is 0 Å². The molecule has 1 heterocycles. The van der Waals surface area contributed by atoms with Crippen LogP contribution in [0.4, 0.5) is 0 Å². The van der Waals surface area contributed by atoms with Crippen LogP contribution in [0.2, 0.25) is 0 Å². The molecule has 7 nitrogen and oxygen atoms in total. The molecule has 0 amide bonds. The summed E-state index contributed by atoms with van der Waals surface area (Å²) >= 11 is 0. The van der Waals surface area contributed by atoms with Crippen molar-refractivity contribution in [3.8, 4) is 0 Å². The normalized spacial score (nSPS) is 16.8. The van der Waals surface area contributed by atoms with Gasteiger partial charge in [0.1, 0.15) is 0 Å². The molecule has 0 fully saturated rings. The lowest BCUT2D eigenvalue weighted by molar-refractivity contribution is -0.139. The molecule has 27 heavy (non-hydrogen) atoms. The molecular weight excluding hydrogens is 348 g/mol. The van der Waals surface area contributed by atoms with E-state index in [-0.39, 0.29) is 13.2 Å². The monoisotopic (exact) mass is 374 g/mol. The van der Waals surface area contributed by atoms with Gasteiger partial charge in [-0.25, -0.2) is 9.59 Å². The molecule has 0 saturated carbocycles. The van der Waals surface area contributed by atoms with Crippen molar-refractivity contribution in [2.45, 2.75) is 19.8 Å². The number of hydrogen-bond donors (Lipinski definition) is 2. The molecule has 1 aromatic rings. The highest BCUT2D eigenvalue weighted by Gasteiger charge is 2.38. The van der Waals surface area contributed by atoms with Crippen molar-refractivity contribution in [2.75, 3.05) is 33.5 Å². The van der Waals surface area contributed by atoms with Crippen molar-refractivity contribution >= 4 is 11.9 Å². The summed E-state index contributed by atoms with van der Waals surface area (Å²) in [6.45, 7) is 4.60. The number of hydrogen-bond acceptors (Lipinski definition) is 7. The molecule has 0 spiro atoms. The van der Waals surface area contributed by atoms with Gasteiger partial charge in [-0.2, -0.15) is 0 Å². The Morgan fingerprint density at radius 1 is 1.15 bits per heavy atom. The quantitative estimate of drug-likeness (QED) is 0.527. The molecule has 0 aliphatic carbocycles. The Morgan fingerprint density at radius 2 is 1.85 bits per heavy atom. The zero-order valence-corrected chi connectivity index (χ0v) is 15.9. The summed E-state index contributed by atoms with van der Waals surface area (Å²) in [4.78, 5) is 25.3. The predicted molar refractivity (Wildman–Crippen MR) is 101 cm³/mol. The van der Waals surface area contributed by atoms with Gasteiger partial charge in [0.05, 0.1) is 49.7 Å². The number of carbonyl (C=O) groups excluding carboxylic acids is 2. The maximum Gasteiger partial charge on any atom is 0.336 e. The van der Waals surface area contributed by atoms with E-state index in [1.165, 1.54) is 7.11 Å². The Hall–Kier alpha value is -2.64. The molecule has 1 aliphatic heterocycles.